The second-order valence-corrected chi connectivity index (χ2v) is 7.55. The van der Waals surface area contributed by atoms with E-state index < -0.39 is 0 Å². The van der Waals surface area contributed by atoms with E-state index in [0.29, 0.717) is 23.0 Å². The molecule has 0 aliphatic heterocycles. The number of anilines is 1. The first kappa shape index (κ1) is 21.1. The van der Waals surface area contributed by atoms with Gasteiger partial charge in [-0.3, -0.25) is 9.69 Å². The first-order valence-corrected chi connectivity index (χ1v) is 10.5. The number of ether oxygens (including phenoxy) is 2. The number of benzene rings is 2. The lowest BCUT2D eigenvalue weighted by atomic mass is 10.2. The summed E-state index contributed by atoms with van der Waals surface area (Å²) >= 11 is 1.51. The molecule has 1 aromatic heterocycles. The number of thiazole rings is 1. The summed E-state index contributed by atoms with van der Waals surface area (Å²) in [6.07, 6.45) is 0. The number of carbonyl (C=O) groups excluding carboxylic acids is 1. The van der Waals surface area contributed by atoms with Crippen molar-refractivity contribution in [3.05, 3.63) is 48.0 Å². The molecular weight excluding hydrogens is 386 g/mol. The SMILES string of the molecule is CCN(CC)CCN(C(=O)c1cccc(OC)c1)c1nc2cc(OC)ccc2s1. The molecule has 0 aliphatic carbocycles. The Kier molecular flexibility index (Phi) is 7.06. The van der Waals surface area contributed by atoms with Gasteiger partial charge in [0, 0.05) is 24.7 Å². The van der Waals surface area contributed by atoms with Crippen molar-refractivity contribution in [3.63, 3.8) is 0 Å². The first-order chi connectivity index (χ1) is 14.1. The van der Waals surface area contributed by atoms with E-state index in [1.165, 1.54) is 11.3 Å². The fourth-order valence-electron chi connectivity index (χ4n) is 3.11. The Hall–Kier alpha value is -2.64. The standard InChI is InChI=1S/C22H27N3O3S/c1-5-24(6-2)12-13-25(21(26)16-8-7-9-17(14-16)27-3)22-23-19-15-18(28-4)10-11-20(19)29-22/h7-11,14-15H,5-6,12-13H2,1-4H3. The van der Waals surface area contributed by atoms with Crippen molar-refractivity contribution in [1.82, 2.24) is 9.88 Å². The zero-order valence-corrected chi connectivity index (χ0v) is 18.2. The molecule has 7 heteroatoms. The van der Waals surface area contributed by atoms with Crippen LogP contribution in [0, 0.1) is 0 Å². The molecule has 0 N–H and O–H groups in total. The Bertz CT molecular complexity index is 969. The Morgan fingerprint density at radius 2 is 1.72 bits per heavy atom. The van der Waals surface area contributed by atoms with Crippen LogP contribution in [-0.4, -0.2) is 56.2 Å². The van der Waals surface area contributed by atoms with Crippen molar-refractivity contribution in [2.75, 3.05) is 45.3 Å². The van der Waals surface area contributed by atoms with E-state index in [9.17, 15) is 4.79 Å². The molecule has 2 aromatic carbocycles. The number of hydrogen-bond acceptors (Lipinski definition) is 6. The van der Waals surface area contributed by atoms with Gasteiger partial charge in [0.1, 0.15) is 11.5 Å². The fourth-order valence-corrected chi connectivity index (χ4v) is 4.09. The van der Waals surface area contributed by atoms with Crippen molar-refractivity contribution >= 4 is 32.6 Å². The summed E-state index contributed by atoms with van der Waals surface area (Å²) < 4.78 is 11.6. The van der Waals surface area contributed by atoms with Gasteiger partial charge in [-0.25, -0.2) is 4.98 Å². The molecule has 3 aromatic rings. The van der Waals surface area contributed by atoms with Gasteiger partial charge in [-0.1, -0.05) is 31.3 Å². The number of hydrogen-bond donors (Lipinski definition) is 0. The van der Waals surface area contributed by atoms with Gasteiger partial charge in [-0.15, -0.1) is 0 Å². The van der Waals surface area contributed by atoms with Crippen LogP contribution in [0.5, 0.6) is 11.5 Å². The maximum absolute atomic E-state index is 13.4. The van der Waals surface area contributed by atoms with Crippen LogP contribution in [0.2, 0.25) is 0 Å². The third-order valence-corrected chi connectivity index (χ3v) is 5.97. The minimum Gasteiger partial charge on any atom is -0.497 e. The van der Waals surface area contributed by atoms with E-state index in [0.717, 1.165) is 35.6 Å². The second-order valence-electron chi connectivity index (χ2n) is 6.55. The average Bonchev–Trinajstić information content (AvgIpc) is 3.19. The maximum atomic E-state index is 13.4. The lowest BCUT2D eigenvalue weighted by Crippen LogP contribution is -2.38. The van der Waals surface area contributed by atoms with Crippen LogP contribution in [0.4, 0.5) is 5.13 Å². The van der Waals surface area contributed by atoms with Gasteiger partial charge in [-0.05, 0) is 43.4 Å². The zero-order chi connectivity index (χ0) is 20.8. The third-order valence-electron chi connectivity index (χ3n) is 4.91. The molecule has 0 bridgehead atoms. The number of fused-ring (bicyclic) bond motifs is 1. The highest BCUT2D eigenvalue weighted by Crippen LogP contribution is 2.32. The number of rotatable bonds is 9. The van der Waals surface area contributed by atoms with Crippen molar-refractivity contribution in [2.45, 2.75) is 13.8 Å². The fraction of sp³-hybridized carbons (Fsp3) is 0.364. The van der Waals surface area contributed by atoms with E-state index in [1.54, 1.807) is 25.2 Å². The van der Waals surface area contributed by atoms with Crippen LogP contribution >= 0.6 is 11.3 Å². The number of nitrogens with zero attached hydrogens (tertiary/aromatic N) is 3. The molecule has 0 saturated heterocycles. The minimum absolute atomic E-state index is 0.0814. The molecule has 0 fully saturated rings. The molecule has 3 rings (SSSR count). The van der Waals surface area contributed by atoms with Gasteiger partial charge >= 0.3 is 0 Å². The smallest absolute Gasteiger partial charge is 0.260 e. The van der Waals surface area contributed by atoms with Crippen molar-refractivity contribution in [3.8, 4) is 11.5 Å². The highest BCUT2D eigenvalue weighted by atomic mass is 32.1. The quantitative estimate of drug-likeness (QED) is 0.523. The summed E-state index contributed by atoms with van der Waals surface area (Å²) in [5.74, 6) is 1.33. The van der Waals surface area contributed by atoms with E-state index >= 15 is 0 Å². The van der Waals surface area contributed by atoms with Gasteiger partial charge in [0.15, 0.2) is 5.13 Å². The lowest BCUT2D eigenvalue weighted by molar-refractivity contribution is 0.0983. The Morgan fingerprint density at radius 1 is 1.00 bits per heavy atom. The molecule has 6 nitrogen and oxygen atoms in total. The van der Waals surface area contributed by atoms with Gasteiger partial charge < -0.3 is 14.4 Å². The van der Waals surface area contributed by atoms with Crippen LogP contribution in [-0.2, 0) is 0 Å². The molecule has 29 heavy (non-hydrogen) atoms. The molecule has 0 spiro atoms. The van der Waals surface area contributed by atoms with E-state index in [4.69, 9.17) is 14.5 Å². The van der Waals surface area contributed by atoms with Crippen LogP contribution in [0.25, 0.3) is 10.2 Å². The summed E-state index contributed by atoms with van der Waals surface area (Å²) in [4.78, 5) is 22.2. The summed E-state index contributed by atoms with van der Waals surface area (Å²) in [5.41, 5.74) is 1.41. The summed E-state index contributed by atoms with van der Waals surface area (Å²) in [6.45, 7) is 7.48. The number of aromatic nitrogens is 1. The predicted molar refractivity (Wildman–Crippen MR) is 119 cm³/mol. The van der Waals surface area contributed by atoms with Gasteiger partial charge in [0.25, 0.3) is 5.91 Å². The van der Waals surface area contributed by atoms with Crippen molar-refractivity contribution in [1.29, 1.82) is 0 Å². The highest BCUT2D eigenvalue weighted by Gasteiger charge is 2.22. The van der Waals surface area contributed by atoms with E-state index in [2.05, 4.69) is 18.7 Å². The molecular formula is C22H27N3O3S. The summed E-state index contributed by atoms with van der Waals surface area (Å²) in [5, 5.41) is 0.688. The largest absolute Gasteiger partial charge is 0.497 e. The van der Waals surface area contributed by atoms with Crippen LogP contribution in [0.3, 0.4) is 0 Å². The zero-order valence-electron chi connectivity index (χ0n) is 17.3. The van der Waals surface area contributed by atoms with E-state index in [1.807, 2.05) is 36.4 Å². The van der Waals surface area contributed by atoms with Crippen LogP contribution in [0.15, 0.2) is 42.5 Å². The van der Waals surface area contributed by atoms with Crippen molar-refractivity contribution < 1.29 is 14.3 Å². The van der Waals surface area contributed by atoms with Crippen molar-refractivity contribution in [2.24, 2.45) is 0 Å². The molecule has 1 heterocycles. The number of likely N-dealkylation sites (N-methyl/N-ethyl adjacent to an activating group) is 1. The number of amides is 1. The normalized spacial score (nSPS) is 11.1. The predicted octanol–water partition coefficient (Wildman–Crippen LogP) is 4.30. The van der Waals surface area contributed by atoms with Gasteiger partial charge in [0.2, 0.25) is 0 Å². The maximum Gasteiger partial charge on any atom is 0.260 e. The summed E-state index contributed by atoms with van der Waals surface area (Å²) in [6, 6.07) is 13.0. The molecule has 154 valence electrons. The molecule has 0 radical (unpaired) electrons. The summed E-state index contributed by atoms with van der Waals surface area (Å²) in [7, 11) is 3.24. The highest BCUT2D eigenvalue weighted by molar-refractivity contribution is 7.22. The Labute approximate surface area is 175 Å². The van der Waals surface area contributed by atoms with Gasteiger partial charge in [0.05, 0.1) is 24.4 Å². The van der Waals surface area contributed by atoms with E-state index in [-0.39, 0.29) is 5.91 Å². The minimum atomic E-state index is -0.0814. The monoisotopic (exact) mass is 413 g/mol. The van der Waals surface area contributed by atoms with Crippen LogP contribution < -0.4 is 14.4 Å². The number of methoxy groups -OCH3 is 2. The van der Waals surface area contributed by atoms with Crippen LogP contribution in [0.1, 0.15) is 24.2 Å². The Morgan fingerprint density at radius 3 is 2.41 bits per heavy atom. The molecule has 0 saturated carbocycles. The number of carbonyl (C=O) groups is 1. The molecule has 0 unspecified atom stereocenters. The van der Waals surface area contributed by atoms with Gasteiger partial charge in [-0.2, -0.15) is 0 Å². The average molecular weight is 414 g/mol. The first-order valence-electron chi connectivity index (χ1n) is 9.72. The Balaban J connectivity index is 1.96. The third kappa shape index (κ3) is 4.86. The second kappa shape index (κ2) is 9.71. The molecule has 1 amide bonds. The lowest BCUT2D eigenvalue weighted by Gasteiger charge is -2.24. The topological polar surface area (TPSA) is 54.9 Å². The molecule has 0 aliphatic rings. The molecule has 0 atom stereocenters.